The number of piperidine rings is 1. The molecule has 0 aliphatic carbocycles. The molecule has 34 heavy (non-hydrogen) atoms. The Labute approximate surface area is 203 Å². The summed E-state index contributed by atoms with van der Waals surface area (Å²) >= 11 is 0. The van der Waals surface area contributed by atoms with E-state index in [0.29, 0.717) is 43.5 Å². The Morgan fingerprint density at radius 3 is 2.44 bits per heavy atom. The van der Waals surface area contributed by atoms with Gasteiger partial charge in [-0.1, -0.05) is 48.0 Å². The second-order valence-electron chi connectivity index (χ2n) is 9.58. The smallest absolute Gasteiger partial charge is 0.317 e. The van der Waals surface area contributed by atoms with Gasteiger partial charge in [0, 0.05) is 45.8 Å². The molecule has 4 rings (SSSR count). The molecule has 7 nitrogen and oxygen atoms in total. The van der Waals surface area contributed by atoms with Crippen LogP contribution < -0.4 is 5.32 Å². The van der Waals surface area contributed by atoms with E-state index in [9.17, 15) is 13.2 Å². The minimum Gasteiger partial charge on any atom is -0.338 e. The van der Waals surface area contributed by atoms with E-state index in [1.807, 2.05) is 32.0 Å². The van der Waals surface area contributed by atoms with Crippen LogP contribution in [0.5, 0.6) is 0 Å². The zero-order chi connectivity index (χ0) is 24.1. The first-order valence-electron chi connectivity index (χ1n) is 12.2. The minimum absolute atomic E-state index is 0.0938. The highest BCUT2D eigenvalue weighted by atomic mass is 32.2. The third kappa shape index (κ3) is 5.98. The molecule has 2 aromatic rings. The highest BCUT2D eigenvalue weighted by molar-refractivity contribution is 7.89. The molecule has 1 N–H and O–H groups in total. The van der Waals surface area contributed by atoms with E-state index in [1.54, 1.807) is 11.0 Å². The first-order valence-corrected chi connectivity index (χ1v) is 13.6. The lowest BCUT2D eigenvalue weighted by Crippen LogP contribution is -2.54. The molecule has 2 amide bonds. The SMILES string of the molecule is Cc1ccc(S(=O)(=O)N2CCN(C(=O)NCC3CCCN(Cc4ccccc4)C3)CC2)c(C)c1. The molecular weight excluding hydrogens is 448 g/mol. The van der Waals surface area contributed by atoms with Crippen molar-refractivity contribution in [2.45, 2.75) is 38.1 Å². The lowest BCUT2D eigenvalue weighted by Gasteiger charge is -2.35. The Bertz CT molecular complexity index is 1080. The first-order chi connectivity index (χ1) is 16.3. The van der Waals surface area contributed by atoms with Gasteiger partial charge in [-0.25, -0.2) is 13.2 Å². The third-order valence-electron chi connectivity index (χ3n) is 6.87. The topological polar surface area (TPSA) is 73.0 Å². The highest BCUT2D eigenvalue weighted by Crippen LogP contribution is 2.22. The van der Waals surface area contributed by atoms with Gasteiger partial charge in [0.15, 0.2) is 0 Å². The van der Waals surface area contributed by atoms with E-state index in [4.69, 9.17) is 0 Å². The predicted molar refractivity (Wildman–Crippen MR) is 134 cm³/mol. The maximum absolute atomic E-state index is 13.1. The van der Waals surface area contributed by atoms with Crippen LogP contribution in [-0.4, -0.2) is 74.4 Å². The van der Waals surface area contributed by atoms with Crippen molar-refractivity contribution in [3.63, 3.8) is 0 Å². The average molecular weight is 485 g/mol. The Morgan fingerprint density at radius 1 is 1.00 bits per heavy atom. The molecule has 0 aromatic heterocycles. The lowest BCUT2D eigenvalue weighted by atomic mass is 9.97. The van der Waals surface area contributed by atoms with Crippen molar-refractivity contribution < 1.29 is 13.2 Å². The number of carbonyl (C=O) groups is 1. The summed E-state index contributed by atoms with van der Waals surface area (Å²) < 4.78 is 27.7. The van der Waals surface area contributed by atoms with Crippen molar-refractivity contribution in [1.29, 1.82) is 0 Å². The van der Waals surface area contributed by atoms with E-state index in [-0.39, 0.29) is 6.03 Å². The summed E-state index contributed by atoms with van der Waals surface area (Å²) in [6.45, 7) is 8.90. The van der Waals surface area contributed by atoms with E-state index < -0.39 is 10.0 Å². The van der Waals surface area contributed by atoms with E-state index >= 15 is 0 Å². The summed E-state index contributed by atoms with van der Waals surface area (Å²) in [4.78, 5) is 17.3. The molecule has 0 spiro atoms. The van der Waals surface area contributed by atoms with Gasteiger partial charge in [-0.3, -0.25) is 4.90 Å². The highest BCUT2D eigenvalue weighted by Gasteiger charge is 2.31. The second-order valence-corrected chi connectivity index (χ2v) is 11.5. The lowest BCUT2D eigenvalue weighted by molar-refractivity contribution is 0.152. The van der Waals surface area contributed by atoms with Gasteiger partial charge in [-0.2, -0.15) is 4.31 Å². The van der Waals surface area contributed by atoms with E-state index in [0.717, 1.165) is 43.6 Å². The maximum atomic E-state index is 13.1. The molecule has 8 heteroatoms. The predicted octanol–water partition coefficient (Wildman–Crippen LogP) is 3.23. The number of amides is 2. The molecule has 0 saturated carbocycles. The van der Waals surface area contributed by atoms with Crippen molar-refractivity contribution >= 4 is 16.1 Å². The third-order valence-corrected chi connectivity index (χ3v) is 8.93. The van der Waals surface area contributed by atoms with Crippen LogP contribution in [-0.2, 0) is 16.6 Å². The number of aryl methyl sites for hydroxylation is 2. The molecule has 1 unspecified atom stereocenters. The van der Waals surface area contributed by atoms with Gasteiger partial charge < -0.3 is 10.2 Å². The molecule has 2 aliphatic rings. The molecule has 2 saturated heterocycles. The molecule has 0 bridgehead atoms. The summed E-state index contributed by atoms with van der Waals surface area (Å²) in [5, 5.41) is 3.10. The van der Waals surface area contributed by atoms with Gasteiger partial charge in [0.05, 0.1) is 4.90 Å². The molecule has 1 atom stereocenters. The number of sulfonamides is 1. The Kier molecular flexibility index (Phi) is 7.91. The zero-order valence-electron chi connectivity index (χ0n) is 20.2. The monoisotopic (exact) mass is 484 g/mol. The number of benzene rings is 2. The molecule has 184 valence electrons. The average Bonchev–Trinajstić information content (AvgIpc) is 2.83. The quantitative estimate of drug-likeness (QED) is 0.683. The molecule has 2 fully saturated rings. The van der Waals surface area contributed by atoms with Crippen LogP contribution in [0.15, 0.2) is 53.4 Å². The second kappa shape index (κ2) is 10.9. The largest absolute Gasteiger partial charge is 0.338 e. The van der Waals surface area contributed by atoms with Crippen LogP contribution in [0, 0.1) is 19.8 Å². The molecule has 0 radical (unpaired) electrons. The van der Waals surface area contributed by atoms with Gasteiger partial charge in [0.25, 0.3) is 0 Å². The fraction of sp³-hybridized carbons (Fsp3) is 0.500. The molecule has 2 aromatic carbocycles. The van der Waals surface area contributed by atoms with Gasteiger partial charge >= 0.3 is 6.03 Å². The zero-order valence-corrected chi connectivity index (χ0v) is 21.1. The maximum Gasteiger partial charge on any atom is 0.317 e. The van der Waals surface area contributed by atoms with Crippen LogP contribution in [0.4, 0.5) is 4.79 Å². The van der Waals surface area contributed by atoms with Crippen LogP contribution >= 0.6 is 0 Å². The standard InChI is InChI=1S/C26H36N4O3S/c1-21-10-11-25(22(2)17-21)34(32,33)30-15-13-29(14-16-30)26(31)27-18-24-9-6-12-28(20-24)19-23-7-4-3-5-8-23/h3-5,7-8,10-11,17,24H,6,9,12-16,18-20H2,1-2H3,(H,27,31). The first kappa shape index (κ1) is 24.7. The van der Waals surface area contributed by atoms with Gasteiger partial charge in [-0.15, -0.1) is 0 Å². The summed E-state index contributed by atoms with van der Waals surface area (Å²) in [7, 11) is -3.55. The Morgan fingerprint density at radius 2 is 1.74 bits per heavy atom. The van der Waals surface area contributed by atoms with Gasteiger partial charge in [0.1, 0.15) is 0 Å². The van der Waals surface area contributed by atoms with Crippen LogP contribution in [0.25, 0.3) is 0 Å². The van der Waals surface area contributed by atoms with Gasteiger partial charge in [0.2, 0.25) is 10.0 Å². The fourth-order valence-electron chi connectivity index (χ4n) is 5.01. The number of rotatable bonds is 6. The summed E-state index contributed by atoms with van der Waals surface area (Å²) in [5.74, 6) is 0.438. The summed E-state index contributed by atoms with van der Waals surface area (Å²) in [6.07, 6.45) is 2.26. The van der Waals surface area contributed by atoms with Crippen molar-refractivity contribution in [2.75, 3.05) is 45.8 Å². The summed E-state index contributed by atoms with van der Waals surface area (Å²) in [5.41, 5.74) is 3.12. The van der Waals surface area contributed by atoms with Crippen molar-refractivity contribution in [2.24, 2.45) is 5.92 Å². The van der Waals surface area contributed by atoms with Gasteiger partial charge in [-0.05, 0) is 56.3 Å². The van der Waals surface area contributed by atoms with Crippen LogP contribution in [0.2, 0.25) is 0 Å². The molecule has 2 aliphatic heterocycles. The number of nitrogens with one attached hydrogen (secondary N) is 1. The van der Waals surface area contributed by atoms with Crippen molar-refractivity contribution in [1.82, 2.24) is 19.4 Å². The number of hydrogen-bond acceptors (Lipinski definition) is 4. The normalized spacial score (nSPS) is 20.3. The number of nitrogens with zero attached hydrogens (tertiary/aromatic N) is 3. The Balaban J connectivity index is 1.24. The van der Waals surface area contributed by atoms with E-state index in [1.165, 1.54) is 9.87 Å². The number of likely N-dealkylation sites (tertiary alicyclic amines) is 1. The molecule has 2 heterocycles. The summed E-state index contributed by atoms with van der Waals surface area (Å²) in [6, 6.07) is 15.8. The fourth-order valence-corrected chi connectivity index (χ4v) is 6.63. The van der Waals surface area contributed by atoms with Crippen LogP contribution in [0.3, 0.4) is 0 Å². The number of urea groups is 1. The molecular formula is C26H36N4O3S. The number of carbonyl (C=O) groups excluding carboxylic acids is 1. The van der Waals surface area contributed by atoms with Crippen molar-refractivity contribution in [3.05, 3.63) is 65.2 Å². The minimum atomic E-state index is -3.55. The number of piperazine rings is 1. The van der Waals surface area contributed by atoms with Crippen LogP contribution in [0.1, 0.15) is 29.5 Å². The Hall–Kier alpha value is -2.42. The number of hydrogen-bond donors (Lipinski definition) is 1. The van der Waals surface area contributed by atoms with Crippen molar-refractivity contribution in [3.8, 4) is 0 Å². The van der Waals surface area contributed by atoms with E-state index in [2.05, 4.69) is 34.5 Å².